The lowest BCUT2D eigenvalue weighted by Gasteiger charge is -2.23. The Kier molecular flexibility index (Phi) is 4.25. The standard InChI is InChI=1S/C17H21NO3S/c1-22(19,20)17-9-8-14(18-10-4-2-3-5-11-18)13-15(17)16-7-6-12-21-16/h6-9,12-13H,2-5,10-11H2,1H3. The molecule has 0 amide bonds. The van der Waals surface area contributed by atoms with Gasteiger partial charge in [0.05, 0.1) is 11.2 Å². The van der Waals surface area contributed by atoms with Crippen molar-refractivity contribution in [2.45, 2.75) is 30.6 Å². The molecule has 22 heavy (non-hydrogen) atoms. The van der Waals surface area contributed by atoms with E-state index in [0.29, 0.717) is 16.2 Å². The summed E-state index contributed by atoms with van der Waals surface area (Å²) in [6.07, 6.45) is 7.71. The van der Waals surface area contributed by atoms with Crippen LogP contribution in [0, 0.1) is 0 Å². The number of anilines is 1. The summed E-state index contributed by atoms with van der Waals surface area (Å²) in [5.74, 6) is 0.595. The number of sulfone groups is 1. The van der Waals surface area contributed by atoms with Crippen LogP contribution in [0.4, 0.5) is 5.69 Å². The number of rotatable bonds is 3. The Labute approximate surface area is 131 Å². The molecule has 0 bridgehead atoms. The zero-order chi connectivity index (χ0) is 15.6. The van der Waals surface area contributed by atoms with Crippen LogP contribution < -0.4 is 4.90 Å². The number of furan rings is 1. The Hall–Kier alpha value is -1.75. The van der Waals surface area contributed by atoms with Gasteiger partial charge in [0.1, 0.15) is 5.76 Å². The van der Waals surface area contributed by atoms with Gasteiger partial charge in [-0.05, 0) is 43.2 Å². The molecule has 118 valence electrons. The fourth-order valence-corrected chi connectivity index (χ4v) is 3.87. The SMILES string of the molecule is CS(=O)(=O)c1ccc(N2CCCCCC2)cc1-c1ccco1. The highest BCUT2D eigenvalue weighted by Crippen LogP contribution is 2.32. The maximum absolute atomic E-state index is 12.0. The van der Waals surface area contributed by atoms with E-state index in [-0.39, 0.29) is 0 Å². The molecule has 1 saturated heterocycles. The third-order valence-corrected chi connectivity index (χ3v) is 5.28. The molecule has 0 aliphatic carbocycles. The average Bonchev–Trinajstić information content (AvgIpc) is 2.88. The lowest BCUT2D eigenvalue weighted by atomic mass is 10.1. The summed E-state index contributed by atoms with van der Waals surface area (Å²) < 4.78 is 29.5. The van der Waals surface area contributed by atoms with Gasteiger partial charge in [0.15, 0.2) is 9.84 Å². The monoisotopic (exact) mass is 319 g/mol. The molecule has 3 rings (SSSR count). The summed E-state index contributed by atoms with van der Waals surface area (Å²) in [4.78, 5) is 2.66. The lowest BCUT2D eigenvalue weighted by Crippen LogP contribution is -2.23. The van der Waals surface area contributed by atoms with Gasteiger partial charge in [-0.2, -0.15) is 0 Å². The number of hydrogen-bond acceptors (Lipinski definition) is 4. The summed E-state index contributed by atoms with van der Waals surface area (Å²) in [5, 5.41) is 0. The maximum Gasteiger partial charge on any atom is 0.176 e. The number of hydrogen-bond donors (Lipinski definition) is 0. The van der Waals surface area contributed by atoms with Crippen LogP contribution in [0.3, 0.4) is 0 Å². The third-order valence-electron chi connectivity index (χ3n) is 4.12. The van der Waals surface area contributed by atoms with Crippen molar-refractivity contribution in [3.05, 3.63) is 36.6 Å². The Morgan fingerprint density at radius 2 is 1.77 bits per heavy atom. The second-order valence-corrected chi connectivity index (χ2v) is 7.82. The van der Waals surface area contributed by atoms with Crippen molar-refractivity contribution < 1.29 is 12.8 Å². The molecular formula is C17H21NO3S. The van der Waals surface area contributed by atoms with Crippen LogP contribution in [0.25, 0.3) is 11.3 Å². The van der Waals surface area contributed by atoms with Crippen LogP contribution in [0.2, 0.25) is 0 Å². The topological polar surface area (TPSA) is 50.5 Å². The molecule has 0 radical (unpaired) electrons. The predicted octanol–water partition coefficient (Wildman–Crippen LogP) is 3.73. The van der Waals surface area contributed by atoms with Crippen LogP contribution in [0.5, 0.6) is 0 Å². The van der Waals surface area contributed by atoms with E-state index in [4.69, 9.17) is 4.42 Å². The van der Waals surface area contributed by atoms with Crippen molar-refractivity contribution in [3.63, 3.8) is 0 Å². The highest BCUT2D eigenvalue weighted by molar-refractivity contribution is 7.90. The minimum Gasteiger partial charge on any atom is -0.464 e. The molecule has 0 saturated carbocycles. The van der Waals surface area contributed by atoms with Crippen LogP contribution >= 0.6 is 0 Å². The van der Waals surface area contributed by atoms with E-state index in [1.807, 2.05) is 12.1 Å². The van der Waals surface area contributed by atoms with Gasteiger partial charge in [-0.25, -0.2) is 8.42 Å². The molecule has 1 aliphatic rings. The third kappa shape index (κ3) is 3.19. The van der Waals surface area contributed by atoms with Crippen molar-refractivity contribution in [1.82, 2.24) is 0 Å². The van der Waals surface area contributed by atoms with Crippen LogP contribution in [-0.4, -0.2) is 27.8 Å². The Morgan fingerprint density at radius 1 is 1.05 bits per heavy atom. The predicted molar refractivity (Wildman–Crippen MR) is 87.9 cm³/mol. The molecule has 1 aromatic heterocycles. The maximum atomic E-state index is 12.0. The zero-order valence-corrected chi connectivity index (χ0v) is 13.6. The molecule has 0 spiro atoms. The quantitative estimate of drug-likeness (QED) is 0.865. The number of benzene rings is 1. The Balaban J connectivity index is 2.06. The highest BCUT2D eigenvalue weighted by atomic mass is 32.2. The van der Waals surface area contributed by atoms with Crippen molar-refractivity contribution in [2.24, 2.45) is 0 Å². The normalized spacial score (nSPS) is 16.5. The van der Waals surface area contributed by atoms with E-state index in [9.17, 15) is 8.42 Å². The Morgan fingerprint density at radius 3 is 2.36 bits per heavy atom. The summed E-state index contributed by atoms with van der Waals surface area (Å²) in [5.41, 5.74) is 1.72. The summed E-state index contributed by atoms with van der Waals surface area (Å²) in [7, 11) is -3.29. The van der Waals surface area contributed by atoms with E-state index in [1.165, 1.54) is 31.9 Å². The second kappa shape index (κ2) is 6.16. The molecule has 2 aromatic rings. The molecule has 5 heteroatoms. The van der Waals surface area contributed by atoms with Gasteiger partial charge in [-0.1, -0.05) is 12.8 Å². The molecule has 1 aromatic carbocycles. The van der Waals surface area contributed by atoms with Crippen molar-refractivity contribution in [1.29, 1.82) is 0 Å². The molecule has 1 fully saturated rings. The molecule has 2 heterocycles. The molecule has 0 atom stereocenters. The Bertz CT molecular complexity index is 727. The van der Waals surface area contributed by atoms with Crippen LogP contribution in [-0.2, 0) is 9.84 Å². The zero-order valence-electron chi connectivity index (χ0n) is 12.8. The first-order chi connectivity index (χ1) is 10.6. The smallest absolute Gasteiger partial charge is 0.176 e. The first kappa shape index (κ1) is 15.2. The summed E-state index contributed by atoms with van der Waals surface area (Å²) in [6, 6.07) is 9.14. The minimum atomic E-state index is -3.29. The van der Waals surface area contributed by atoms with Gasteiger partial charge in [-0.3, -0.25) is 0 Å². The van der Waals surface area contributed by atoms with Gasteiger partial charge in [-0.15, -0.1) is 0 Å². The molecule has 4 nitrogen and oxygen atoms in total. The van der Waals surface area contributed by atoms with E-state index < -0.39 is 9.84 Å². The first-order valence-corrected chi connectivity index (χ1v) is 9.58. The average molecular weight is 319 g/mol. The van der Waals surface area contributed by atoms with Crippen molar-refractivity contribution in [2.75, 3.05) is 24.2 Å². The van der Waals surface area contributed by atoms with Crippen LogP contribution in [0.15, 0.2) is 45.9 Å². The summed E-state index contributed by atoms with van der Waals surface area (Å²) >= 11 is 0. The minimum absolute atomic E-state index is 0.320. The second-order valence-electron chi connectivity index (χ2n) is 5.83. The molecule has 0 N–H and O–H groups in total. The highest BCUT2D eigenvalue weighted by Gasteiger charge is 2.19. The van der Waals surface area contributed by atoms with Gasteiger partial charge >= 0.3 is 0 Å². The van der Waals surface area contributed by atoms with Gasteiger partial charge < -0.3 is 9.32 Å². The van der Waals surface area contributed by atoms with E-state index in [1.54, 1.807) is 24.5 Å². The van der Waals surface area contributed by atoms with Gasteiger partial charge in [0, 0.05) is 30.6 Å². The van der Waals surface area contributed by atoms with E-state index in [2.05, 4.69) is 4.90 Å². The molecule has 1 aliphatic heterocycles. The fraction of sp³-hybridized carbons (Fsp3) is 0.412. The van der Waals surface area contributed by atoms with Crippen molar-refractivity contribution in [3.8, 4) is 11.3 Å². The van der Waals surface area contributed by atoms with Crippen molar-refractivity contribution >= 4 is 15.5 Å². The van der Waals surface area contributed by atoms with E-state index >= 15 is 0 Å². The number of nitrogens with zero attached hydrogens (tertiary/aromatic N) is 1. The van der Waals surface area contributed by atoms with Crippen LogP contribution in [0.1, 0.15) is 25.7 Å². The first-order valence-electron chi connectivity index (χ1n) is 7.68. The molecule has 0 unspecified atom stereocenters. The largest absolute Gasteiger partial charge is 0.464 e. The molecular weight excluding hydrogens is 298 g/mol. The fourth-order valence-electron chi connectivity index (χ4n) is 2.99. The van der Waals surface area contributed by atoms with E-state index in [0.717, 1.165) is 18.8 Å². The van der Waals surface area contributed by atoms with Gasteiger partial charge in [0.2, 0.25) is 0 Å². The lowest BCUT2D eigenvalue weighted by molar-refractivity contribution is 0.578. The van der Waals surface area contributed by atoms with Gasteiger partial charge in [0.25, 0.3) is 0 Å². The summed E-state index contributed by atoms with van der Waals surface area (Å²) in [6.45, 7) is 2.05.